The molecule has 2 rings (SSSR count). The van der Waals surface area contributed by atoms with Gasteiger partial charge in [-0.3, -0.25) is 14.4 Å². The number of carbonyl (C=O) groups is 2. The molecule has 2 aromatic rings. The standard InChI is InChI=1S/C17H20N4O4S/c1-3-25-13-6-4-11(5-7-13)19-16(24)10-26-17-20-12(8-14(22)18-2)9-15(23)21-17/h4-7,9H,3,8,10H2,1-2H3,(H,18,22)(H,19,24)(H,20,21,23). The summed E-state index contributed by atoms with van der Waals surface area (Å²) in [5.41, 5.74) is 0.629. The number of aromatic nitrogens is 2. The van der Waals surface area contributed by atoms with Crippen molar-refractivity contribution in [1.82, 2.24) is 15.3 Å². The number of hydrogen-bond donors (Lipinski definition) is 3. The van der Waals surface area contributed by atoms with Gasteiger partial charge >= 0.3 is 0 Å². The third-order valence-electron chi connectivity index (χ3n) is 3.18. The zero-order valence-corrected chi connectivity index (χ0v) is 15.3. The highest BCUT2D eigenvalue weighted by molar-refractivity contribution is 7.99. The fourth-order valence-electron chi connectivity index (χ4n) is 2.03. The number of thioether (sulfide) groups is 1. The van der Waals surface area contributed by atoms with Crippen LogP contribution in [0.5, 0.6) is 5.75 Å². The number of H-pyrrole nitrogens is 1. The van der Waals surface area contributed by atoms with Crippen LogP contribution in [0.4, 0.5) is 5.69 Å². The first-order chi connectivity index (χ1) is 12.5. The molecular formula is C17H20N4O4S. The molecular weight excluding hydrogens is 356 g/mol. The summed E-state index contributed by atoms with van der Waals surface area (Å²) in [7, 11) is 1.51. The van der Waals surface area contributed by atoms with Crippen LogP contribution in [-0.2, 0) is 16.0 Å². The molecule has 138 valence electrons. The molecule has 0 aliphatic carbocycles. The molecule has 0 bridgehead atoms. The molecule has 1 aromatic heterocycles. The summed E-state index contributed by atoms with van der Waals surface area (Å²) in [4.78, 5) is 41.8. The Kier molecular flexibility index (Phi) is 7.22. The van der Waals surface area contributed by atoms with Crippen molar-refractivity contribution in [2.45, 2.75) is 18.5 Å². The van der Waals surface area contributed by atoms with Gasteiger partial charge in [-0.2, -0.15) is 0 Å². The van der Waals surface area contributed by atoms with Crippen LogP contribution in [0.15, 0.2) is 40.3 Å². The number of aromatic amines is 1. The van der Waals surface area contributed by atoms with Crippen LogP contribution in [0.3, 0.4) is 0 Å². The van der Waals surface area contributed by atoms with E-state index < -0.39 is 0 Å². The van der Waals surface area contributed by atoms with E-state index in [0.717, 1.165) is 17.5 Å². The molecule has 1 heterocycles. The number of carbonyl (C=O) groups excluding carboxylic acids is 2. The van der Waals surface area contributed by atoms with Crippen LogP contribution in [0.2, 0.25) is 0 Å². The van der Waals surface area contributed by atoms with Gasteiger partial charge in [0.1, 0.15) is 5.75 Å². The topological polar surface area (TPSA) is 113 Å². The lowest BCUT2D eigenvalue weighted by atomic mass is 10.3. The normalized spacial score (nSPS) is 10.2. The van der Waals surface area contributed by atoms with Crippen molar-refractivity contribution >= 4 is 29.3 Å². The summed E-state index contributed by atoms with van der Waals surface area (Å²) in [6.45, 7) is 2.47. The van der Waals surface area contributed by atoms with Gasteiger partial charge in [-0.1, -0.05) is 11.8 Å². The van der Waals surface area contributed by atoms with E-state index in [1.807, 2.05) is 6.92 Å². The maximum Gasteiger partial charge on any atom is 0.251 e. The average molecular weight is 376 g/mol. The first kappa shape index (κ1) is 19.5. The molecule has 0 radical (unpaired) electrons. The third-order valence-corrected chi connectivity index (χ3v) is 4.06. The van der Waals surface area contributed by atoms with Crippen molar-refractivity contribution < 1.29 is 14.3 Å². The number of rotatable bonds is 8. The molecule has 0 saturated carbocycles. The number of anilines is 1. The van der Waals surface area contributed by atoms with Gasteiger partial charge < -0.3 is 20.4 Å². The molecule has 0 fully saturated rings. The molecule has 8 nitrogen and oxygen atoms in total. The highest BCUT2D eigenvalue weighted by Crippen LogP contribution is 2.17. The summed E-state index contributed by atoms with van der Waals surface area (Å²) in [6.07, 6.45) is 0.00631. The summed E-state index contributed by atoms with van der Waals surface area (Å²) < 4.78 is 5.34. The van der Waals surface area contributed by atoms with E-state index in [-0.39, 0.29) is 29.5 Å². The minimum atomic E-state index is -0.367. The summed E-state index contributed by atoms with van der Waals surface area (Å²) in [5.74, 6) is 0.319. The number of benzene rings is 1. The third kappa shape index (κ3) is 6.25. The van der Waals surface area contributed by atoms with Crippen LogP contribution < -0.4 is 20.9 Å². The highest BCUT2D eigenvalue weighted by Gasteiger charge is 2.09. The Morgan fingerprint density at radius 2 is 1.96 bits per heavy atom. The molecule has 26 heavy (non-hydrogen) atoms. The van der Waals surface area contributed by atoms with Crippen molar-refractivity contribution in [3.8, 4) is 5.75 Å². The van der Waals surface area contributed by atoms with Crippen molar-refractivity contribution in [2.75, 3.05) is 24.7 Å². The van der Waals surface area contributed by atoms with Crippen LogP contribution in [0.25, 0.3) is 0 Å². The van der Waals surface area contributed by atoms with E-state index in [0.29, 0.717) is 23.1 Å². The van der Waals surface area contributed by atoms with Crippen molar-refractivity contribution in [3.05, 3.63) is 46.4 Å². The van der Waals surface area contributed by atoms with Crippen molar-refractivity contribution in [2.24, 2.45) is 0 Å². The van der Waals surface area contributed by atoms with Gasteiger partial charge in [0.05, 0.1) is 24.5 Å². The van der Waals surface area contributed by atoms with Gasteiger partial charge in [0, 0.05) is 18.8 Å². The summed E-state index contributed by atoms with van der Waals surface area (Å²) in [6, 6.07) is 8.30. The second kappa shape index (κ2) is 9.62. The predicted molar refractivity (Wildman–Crippen MR) is 99.6 cm³/mol. The monoisotopic (exact) mass is 376 g/mol. The van der Waals surface area contributed by atoms with E-state index in [1.54, 1.807) is 24.3 Å². The molecule has 0 atom stereocenters. The van der Waals surface area contributed by atoms with E-state index in [9.17, 15) is 14.4 Å². The number of ether oxygens (including phenoxy) is 1. The quantitative estimate of drug-likeness (QED) is 0.471. The minimum absolute atomic E-state index is 0.00631. The van der Waals surface area contributed by atoms with E-state index in [1.165, 1.54) is 13.1 Å². The lowest BCUT2D eigenvalue weighted by molar-refractivity contribution is -0.120. The number of hydrogen-bond acceptors (Lipinski definition) is 6. The number of nitrogens with one attached hydrogen (secondary N) is 3. The maximum atomic E-state index is 12.0. The van der Waals surface area contributed by atoms with Gasteiger partial charge in [-0.25, -0.2) is 4.98 Å². The Morgan fingerprint density at radius 1 is 1.23 bits per heavy atom. The Bertz CT molecular complexity index is 820. The van der Waals surface area contributed by atoms with Crippen LogP contribution in [0, 0.1) is 0 Å². The van der Waals surface area contributed by atoms with Crippen LogP contribution >= 0.6 is 11.8 Å². The summed E-state index contributed by atoms with van der Waals surface area (Å²) in [5, 5.41) is 5.51. The smallest absolute Gasteiger partial charge is 0.251 e. The Balaban J connectivity index is 1.92. The van der Waals surface area contributed by atoms with Gasteiger partial charge in [0.15, 0.2) is 5.16 Å². The number of amides is 2. The fourth-order valence-corrected chi connectivity index (χ4v) is 2.72. The number of nitrogens with zero attached hydrogens (tertiary/aromatic N) is 1. The predicted octanol–water partition coefficient (Wildman–Crippen LogP) is 1.19. The molecule has 9 heteroatoms. The number of likely N-dealkylation sites (N-methyl/N-ethyl adjacent to an activating group) is 1. The van der Waals surface area contributed by atoms with E-state index in [4.69, 9.17) is 4.74 Å². The van der Waals surface area contributed by atoms with Crippen molar-refractivity contribution in [1.29, 1.82) is 0 Å². The first-order valence-electron chi connectivity index (χ1n) is 7.96. The minimum Gasteiger partial charge on any atom is -0.494 e. The SMILES string of the molecule is CCOc1ccc(NC(=O)CSc2nc(CC(=O)NC)cc(=O)[nH]2)cc1. The average Bonchev–Trinajstić information content (AvgIpc) is 2.61. The Morgan fingerprint density at radius 3 is 2.62 bits per heavy atom. The lowest BCUT2D eigenvalue weighted by Crippen LogP contribution is -2.22. The second-order valence-electron chi connectivity index (χ2n) is 5.19. The molecule has 0 aliphatic rings. The molecule has 3 N–H and O–H groups in total. The van der Waals surface area contributed by atoms with Gasteiger partial charge in [-0.15, -0.1) is 0 Å². The molecule has 0 aliphatic heterocycles. The Labute approximate surface area is 154 Å². The molecule has 0 saturated heterocycles. The second-order valence-corrected chi connectivity index (χ2v) is 6.15. The van der Waals surface area contributed by atoms with Crippen LogP contribution in [0.1, 0.15) is 12.6 Å². The molecule has 2 amide bonds. The van der Waals surface area contributed by atoms with E-state index in [2.05, 4.69) is 20.6 Å². The van der Waals surface area contributed by atoms with E-state index >= 15 is 0 Å². The van der Waals surface area contributed by atoms with Gasteiger partial charge in [0.2, 0.25) is 11.8 Å². The van der Waals surface area contributed by atoms with Crippen molar-refractivity contribution in [3.63, 3.8) is 0 Å². The zero-order chi connectivity index (χ0) is 18.9. The van der Waals surface area contributed by atoms with Crippen LogP contribution in [-0.4, -0.2) is 41.2 Å². The highest BCUT2D eigenvalue weighted by atomic mass is 32.2. The van der Waals surface area contributed by atoms with Gasteiger partial charge in [0.25, 0.3) is 5.56 Å². The molecule has 0 unspecified atom stereocenters. The zero-order valence-electron chi connectivity index (χ0n) is 14.5. The molecule has 1 aromatic carbocycles. The fraction of sp³-hybridized carbons (Fsp3) is 0.294. The van der Waals surface area contributed by atoms with Gasteiger partial charge in [-0.05, 0) is 31.2 Å². The largest absolute Gasteiger partial charge is 0.494 e. The summed E-state index contributed by atoms with van der Waals surface area (Å²) >= 11 is 1.09. The lowest BCUT2D eigenvalue weighted by Gasteiger charge is -2.07. The Hall–Kier alpha value is -2.81. The maximum absolute atomic E-state index is 12.0. The molecule has 0 spiro atoms. The first-order valence-corrected chi connectivity index (χ1v) is 8.95.